The van der Waals surface area contributed by atoms with E-state index in [4.69, 9.17) is 0 Å². The fourth-order valence-electron chi connectivity index (χ4n) is 2.03. The molecule has 1 aromatic rings. The van der Waals surface area contributed by atoms with Gasteiger partial charge in [-0.2, -0.15) is 18.3 Å². The second-order valence-electron chi connectivity index (χ2n) is 4.56. The zero-order chi connectivity index (χ0) is 13.9. The maximum absolute atomic E-state index is 12.1. The van der Waals surface area contributed by atoms with E-state index >= 15 is 0 Å². The van der Waals surface area contributed by atoms with Gasteiger partial charge in [-0.3, -0.25) is 9.48 Å². The summed E-state index contributed by atoms with van der Waals surface area (Å²) in [7, 11) is 0. The molecule has 0 atom stereocenters. The molecule has 1 saturated heterocycles. The molecule has 0 radical (unpaired) electrons. The van der Waals surface area contributed by atoms with Crippen molar-refractivity contribution >= 4 is 24.0 Å². The Bertz CT molecular complexity index is 443. The highest BCUT2D eigenvalue weighted by Gasteiger charge is 2.28. The molecule has 1 fully saturated rings. The zero-order valence-corrected chi connectivity index (χ0v) is 11.4. The van der Waals surface area contributed by atoms with Gasteiger partial charge in [0.05, 0.1) is 11.9 Å². The maximum atomic E-state index is 12.1. The Labute approximate surface area is 120 Å². The van der Waals surface area contributed by atoms with Crippen LogP contribution >= 0.6 is 12.4 Å². The van der Waals surface area contributed by atoms with Crippen molar-refractivity contribution in [1.29, 1.82) is 0 Å². The highest BCUT2D eigenvalue weighted by Crippen LogP contribution is 2.19. The normalized spacial score (nSPS) is 16.6. The van der Waals surface area contributed by atoms with Crippen molar-refractivity contribution in [3.05, 3.63) is 12.4 Å². The monoisotopic (exact) mass is 312 g/mol. The fourth-order valence-corrected chi connectivity index (χ4v) is 2.03. The Morgan fingerprint density at radius 3 is 2.70 bits per heavy atom. The van der Waals surface area contributed by atoms with Gasteiger partial charge >= 0.3 is 6.18 Å². The van der Waals surface area contributed by atoms with E-state index in [0.717, 1.165) is 30.6 Å². The molecule has 9 heteroatoms. The van der Waals surface area contributed by atoms with Gasteiger partial charge in [-0.15, -0.1) is 12.4 Å². The van der Waals surface area contributed by atoms with Crippen LogP contribution in [0.15, 0.2) is 12.4 Å². The van der Waals surface area contributed by atoms with Gasteiger partial charge < -0.3 is 10.6 Å². The van der Waals surface area contributed by atoms with E-state index in [0.29, 0.717) is 5.69 Å². The fraction of sp³-hybridized carbons (Fsp3) is 0.636. The second kappa shape index (κ2) is 6.94. The van der Waals surface area contributed by atoms with E-state index in [-0.39, 0.29) is 24.2 Å². The molecule has 2 rings (SSSR count). The molecule has 5 nitrogen and oxygen atoms in total. The molecule has 1 amide bonds. The zero-order valence-electron chi connectivity index (χ0n) is 10.6. The van der Waals surface area contributed by atoms with Gasteiger partial charge in [-0.05, 0) is 25.9 Å². The van der Waals surface area contributed by atoms with Crippen LogP contribution < -0.4 is 10.6 Å². The van der Waals surface area contributed by atoms with Crippen LogP contribution in [0.5, 0.6) is 0 Å². The predicted octanol–water partition coefficient (Wildman–Crippen LogP) is 1.81. The summed E-state index contributed by atoms with van der Waals surface area (Å²) in [6, 6.07) is 0. The summed E-state index contributed by atoms with van der Waals surface area (Å²) in [5.41, 5.74) is 0.299. The smallest absolute Gasteiger partial charge is 0.323 e. The van der Waals surface area contributed by atoms with Crippen LogP contribution in [-0.4, -0.2) is 35.0 Å². The van der Waals surface area contributed by atoms with Gasteiger partial charge in [-0.1, -0.05) is 0 Å². The van der Waals surface area contributed by atoms with Gasteiger partial charge in [0, 0.05) is 12.1 Å². The number of rotatable bonds is 3. The van der Waals surface area contributed by atoms with Crippen LogP contribution in [-0.2, 0) is 11.3 Å². The Balaban J connectivity index is 0.00000200. The van der Waals surface area contributed by atoms with Crippen molar-refractivity contribution in [2.75, 3.05) is 18.4 Å². The van der Waals surface area contributed by atoms with E-state index in [2.05, 4.69) is 15.7 Å². The van der Waals surface area contributed by atoms with Gasteiger partial charge in [-0.25, -0.2) is 0 Å². The van der Waals surface area contributed by atoms with E-state index in [9.17, 15) is 18.0 Å². The predicted molar refractivity (Wildman–Crippen MR) is 69.8 cm³/mol. The first-order chi connectivity index (χ1) is 8.94. The molecule has 114 valence electrons. The third-order valence-corrected chi connectivity index (χ3v) is 2.95. The lowest BCUT2D eigenvalue weighted by Gasteiger charge is -2.21. The lowest BCUT2D eigenvalue weighted by molar-refractivity contribution is -0.142. The molecular formula is C11H16ClF3N4O. The summed E-state index contributed by atoms with van der Waals surface area (Å²) in [6.07, 6.45) is -0.426. The number of amides is 1. The Morgan fingerprint density at radius 2 is 2.10 bits per heavy atom. The molecule has 0 aromatic carbocycles. The Kier molecular flexibility index (Phi) is 5.82. The van der Waals surface area contributed by atoms with Crippen molar-refractivity contribution in [3.8, 4) is 0 Å². The molecule has 2 heterocycles. The number of halogens is 4. The highest BCUT2D eigenvalue weighted by atomic mass is 35.5. The van der Waals surface area contributed by atoms with E-state index in [1.807, 2.05) is 0 Å². The first-order valence-electron chi connectivity index (χ1n) is 6.05. The van der Waals surface area contributed by atoms with Crippen molar-refractivity contribution in [2.24, 2.45) is 5.92 Å². The van der Waals surface area contributed by atoms with Gasteiger partial charge in [0.15, 0.2) is 0 Å². The van der Waals surface area contributed by atoms with Gasteiger partial charge in [0.1, 0.15) is 6.54 Å². The molecule has 1 aliphatic heterocycles. The summed E-state index contributed by atoms with van der Waals surface area (Å²) in [5, 5.41) is 9.31. The third-order valence-electron chi connectivity index (χ3n) is 2.95. The summed E-state index contributed by atoms with van der Waals surface area (Å²) in [6.45, 7) is 0.410. The van der Waals surface area contributed by atoms with Crippen LogP contribution in [0.25, 0.3) is 0 Å². The minimum absolute atomic E-state index is 0. The number of carbonyl (C=O) groups excluding carboxylic acids is 1. The maximum Gasteiger partial charge on any atom is 0.408 e. The minimum atomic E-state index is -4.32. The van der Waals surface area contributed by atoms with Gasteiger partial charge in [0.2, 0.25) is 5.91 Å². The number of anilines is 1. The lowest BCUT2D eigenvalue weighted by atomic mass is 9.97. The van der Waals surface area contributed by atoms with Crippen molar-refractivity contribution in [3.63, 3.8) is 0 Å². The van der Waals surface area contributed by atoms with E-state index in [1.54, 1.807) is 0 Å². The topological polar surface area (TPSA) is 59.0 Å². The first kappa shape index (κ1) is 16.8. The largest absolute Gasteiger partial charge is 0.408 e. The Hall–Kier alpha value is -1.28. The molecule has 0 saturated carbocycles. The number of hydrogen-bond donors (Lipinski definition) is 2. The second-order valence-corrected chi connectivity index (χ2v) is 4.56. The van der Waals surface area contributed by atoms with Crippen molar-refractivity contribution in [2.45, 2.75) is 25.6 Å². The van der Waals surface area contributed by atoms with Crippen LogP contribution in [0.2, 0.25) is 0 Å². The number of alkyl halides is 3. The third kappa shape index (κ3) is 5.01. The Morgan fingerprint density at radius 1 is 1.45 bits per heavy atom. The molecule has 2 N–H and O–H groups in total. The number of nitrogens with zero attached hydrogens (tertiary/aromatic N) is 2. The summed E-state index contributed by atoms with van der Waals surface area (Å²) in [4.78, 5) is 11.9. The average Bonchev–Trinajstić information content (AvgIpc) is 2.75. The SMILES string of the molecule is Cl.O=C(Nc1cnn(CC(F)(F)F)c1)C1CCNCC1. The molecule has 0 unspecified atom stereocenters. The van der Waals surface area contributed by atoms with Crippen molar-refractivity contribution in [1.82, 2.24) is 15.1 Å². The van der Waals surface area contributed by atoms with E-state index < -0.39 is 12.7 Å². The summed E-state index contributed by atoms with van der Waals surface area (Å²) < 4.78 is 37.2. The summed E-state index contributed by atoms with van der Waals surface area (Å²) in [5.74, 6) is -0.250. The molecule has 1 aromatic heterocycles. The molecule has 20 heavy (non-hydrogen) atoms. The first-order valence-corrected chi connectivity index (χ1v) is 6.05. The van der Waals surface area contributed by atoms with E-state index in [1.165, 1.54) is 12.4 Å². The van der Waals surface area contributed by atoms with Crippen LogP contribution in [0.3, 0.4) is 0 Å². The number of carbonyl (C=O) groups is 1. The molecule has 0 spiro atoms. The van der Waals surface area contributed by atoms with Crippen molar-refractivity contribution < 1.29 is 18.0 Å². The lowest BCUT2D eigenvalue weighted by Crippen LogP contribution is -2.34. The molecular weight excluding hydrogens is 297 g/mol. The van der Waals surface area contributed by atoms with Crippen LogP contribution in [0, 0.1) is 5.92 Å². The summed E-state index contributed by atoms with van der Waals surface area (Å²) >= 11 is 0. The quantitative estimate of drug-likeness (QED) is 0.895. The standard InChI is InChI=1S/C11H15F3N4O.ClH/c12-11(13,14)7-18-6-9(5-16-18)17-10(19)8-1-3-15-4-2-8;/h5-6,8,15H,1-4,7H2,(H,17,19);1H. The van der Waals surface area contributed by atoms with Gasteiger partial charge in [0.25, 0.3) is 0 Å². The number of nitrogens with one attached hydrogen (secondary N) is 2. The number of hydrogen-bond acceptors (Lipinski definition) is 3. The minimum Gasteiger partial charge on any atom is -0.323 e. The van der Waals surface area contributed by atoms with Crippen LogP contribution in [0.4, 0.5) is 18.9 Å². The number of piperidine rings is 1. The average molecular weight is 313 g/mol. The number of aromatic nitrogens is 2. The molecule has 0 bridgehead atoms. The molecule has 0 aliphatic carbocycles. The van der Waals surface area contributed by atoms with Crippen LogP contribution in [0.1, 0.15) is 12.8 Å². The highest BCUT2D eigenvalue weighted by molar-refractivity contribution is 5.92. The molecule has 1 aliphatic rings.